The lowest BCUT2D eigenvalue weighted by Crippen LogP contribution is -2.38. The molecule has 0 aliphatic carbocycles. The van der Waals surface area contributed by atoms with Crippen molar-refractivity contribution in [1.82, 2.24) is 10.2 Å². The third kappa shape index (κ3) is 8.18. The van der Waals surface area contributed by atoms with Crippen LogP contribution in [0.3, 0.4) is 0 Å². The zero-order chi connectivity index (χ0) is 13.5. The second-order valence-corrected chi connectivity index (χ2v) is 6.45. The van der Waals surface area contributed by atoms with Crippen molar-refractivity contribution in [2.45, 2.75) is 52.5 Å². The lowest BCUT2D eigenvalue weighted by molar-refractivity contribution is 0.222. The fraction of sp³-hybridized carbons (Fsp3) is 0.929. The highest BCUT2D eigenvalue weighted by Gasteiger charge is 2.20. The molecule has 0 rings (SSSR count). The lowest BCUT2D eigenvalue weighted by atomic mass is 9.95. The summed E-state index contributed by atoms with van der Waals surface area (Å²) in [5, 5.41) is 12.1. The summed E-state index contributed by atoms with van der Waals surface area (Å²) in [7, 11) is 4.03. The van der Waals surface area contributed by atoms with Gasteiger partial charge in [0.2, 0.25) is 0 Å². The van der Waals surface area contributed by atoms with Gasteiger partial charge in [0.1, 0.15) is 5.54 Å². The average molecular weight is 239 g/mol. The number of nitrogens with zero attached hydrogens (tertiary/aromatic N) is 2. The molecule has 0 saturated carbocycles. The molecule has 100 valence electrons. The first-order chi connectivity index (χ1) is 7.72. The van der Waals surface area contributed by atoms with Crippen molar-refractivity contribution in [3.8, 4) is 6.07 Å². The van der Waals surface area contributed by atoms with Crippen molar-refractivity contribution < 1.29 is 0 Å². The van der Waals surface area contributed by atoms with E-state index in [2.05, 4.69) is 44.1 Å². The summed E-state index contributed by atoms with van der Waals surface area (Å²) < 4.78 is 0. The minimum absolute atomic E-state index is 0.359. The molecule has 0 bridgehead atoms. The number of nitriles is 1. The van der Waals surface area contributed by atoms with Gasteiger partial charge in [-0.05, 0) is 52.2 Å². The molecule has 0 fully saturated rings. The van der Waals surface area contributed by atoms with Gasteiger partial charge in [-0.2, -0.15) is 5.26 Å². The third-order valence-corrected chi connectivity index (χ3v) is 3.01. The highest BCUT2D eigenvalue weighted by atomic mass is 15.1. The minimum Gasteiger partial charge on any atom is -0.306 e. The summed E-state index contributed by atoms with van der Waals surface area (Å²) in [6.45, 7) is 11.0. The maximum Gasteiger partial charge on any atom is 0.103 e. The Bertz CT molecular complexity index is 249. The summed E-state index contributed by atoms with van der Waals surface area (Å²) in [4.78, 5) is 2.38. The normalized spacial score (nSPS) is 15.6. The van der Waals surface area contributed by atoms with E-state index in [1.54, 1.807) is 0 Å². The molecule has 1 unspecified atom stereocenters. The predicted octanol–water partition coefficient (Wildman–Crippen LogP) is 2.64. The fourth-order valence-electron chi connectivity index (χ4n) is 1.99. The standard InChI is InChI=1S/C14H29N3/c1-13(2,3)12-17(6)10-8-7-9-14(4,11-15)16-5/h16H,7-10,12H2,1-6H3. The van der Waals surface area contributed by atoms with E-state index in [1.165, 1.54) is 0 Å². The third-order valence-electron chi connectivity index (χ3n) is 3.01. The lowest BCUT2D eigenvalue weighted by Gasteiger charge is -2.27. The first-order valence-corrected chi connectivity index (χ1v) is 6.51. The molecule has 1 atom stereocenters. The molecule has 0 aromatic carbocycles. The molecule has 0 spiro atoms. The number of hydrogen-bond acceptors (Lipinski definition) is 3. The molecule has 0 heterocycles. The molecule has 17 heavy (non-hydrogen) atoms. The average Bonchev–Trinajstić information content (AvgIpc) is 2.21. The quantitative estimate of drug-likeness (QED) is 0.694. The molecule has 0 aromatic heterocycles. The Morgan fingerprint density at radius 2 is 1.76 bits per heavy atom. The van der Waals surface area contributed by atoms with Gasteiger partial charge in [-0.25, -0.2) is 0 Å². The van der Waals surface area contributed by atoms with Gasteiger partial charge in [-0.3, -0.25) is 0 Å². The number of rotatable bonds is 7. The van der Waals surface area contributed by atoms with Crippen LogP contribution in [0.2, 0.25) is 0 Å². The molecular formula is C14H29N3. The summed E-state index contributed by atoms with van der Waals surface area (Å²) in [6.07, 6.45) is 3.17. The van der Waals surface area contributed by atoms with E-state index >= 15 is 0 Å². The van der Waals surface area contributed by atoms with Gasteiger partial charge >= 0.3 is 0 Å². The SMILES string of the molecule is CNC(C)(C#N)CCCCN(C)CC(C)(C)C. The smallest absolute Gasteiger partial charge is 0.103 e. The molecule has 1 N–H and O–H groups in total. The highest BCUT2D eigenvalue weighted by Crippen LogP contribution is 2.16. The van der Waals surface area contributed by atoms with Crippen LogP contribution in [-0.2, 0) is 0 Å². The van der Waals surface area contributed by atoms with Gasteiger partial charge in [-0.1, -0.05) is 20.8 Å². The predicted molar refractivity (Wildman–Crippen MR) is 73.9 cm³/mol. The monoisotopic (exact) mass is 239 g/mol. The van der Waals surface area contributed by atoms with Gasteiger partial charge in [0.05, 0.1) is 6.07 Å². The molecule has 0 aliphatic rings. The second-order valence-electron chi connectivity index (χ2n) is 6.45. The van der Waals surface area contributed by atoms with Crippen LogP contribution < -0.4 is 5.32 Å². The molecule has 0 radical (unpaired) electrons. The van der Waals surface area contributed by atoms with E-state index < -0.39 is 0 Å². The Morgan fingerprint density at radius 3 is 2.18 bits per heavy atom. The van der Waals surface area contributed by atoms with E-state index in [4.69, 9.17) is 5.26 Å². The Labute approximate surface area is 107 Å². The summed E-state index contributed by atoms with van der Waals surface area (Å²) in [6, 6.07) is 2.33. The topological polar surface area (TPSA) is 39.1 Å². The van der Waals surface area contributed by atoms with Crippen molar-refractivity contribution >= 4 is 0 Å². The molecule has 0 aromatic rings. The number of nitrogens with one attached hydrogen (secondary N) is 1. The highest BCUT2D eigenvalue weighted by molar-refractivity contribution is 5.02. The zero-order valence-corrected chi connectivity index (χ0v) is 12.4. The van der Waals surface area contributed by atoms with Gasteiger partial charge in [0.25, 0.3) is 0 Å². The Balaban J connectivity index is 3.76. The molecular weight excluding hydrogens is 210 g/mol. The van der Waals surface area contributed by atoms with Crippen LogP contribution in [0.15, 0.2) is 0 Å². The van der Waals surface area contributed by atoms with Crippen LogP contribution in [0.4, 0.5) is 0 Å². The van der Waals surface area contributed by atoms with Crippen LogP contribution in [0, 0.1) is 16.7 Å². The van der Waals surface area contributed by atoms with E-state index in [1.807, 2.05) is 14.0 Å². The van der Waals surface area contributed by atoms with Gasteiger partial charge in [0, 0.05) is 6.54 Å². The van der Waals surface area contributed by atoms with Gasteiger partial charge in [0.15, 0.2) is 0 Å². The van der Waals surface area contributed by atoms with Gasteiger partial charge < -0.3 is 10.2 Å². The van der Waals surface area contributed by atoms with Crippen LogP contribution in [0.1, 0.15) is 47.0 Å². The maximum absolute atomic E-state index is 9.02. The van der Waals surface area contributed by atoms with Crippen molar-refractivity contribution in [3.63, 3.8) is 0 Å². The van der Waals surface area contributed by atoms with Crippen molar-refractivity contribution in [2.75, 3.05) is 27.2 Å². The first kappa shape index (κ1) is 16.4. The van der Waals surface area contributed by atoms with Crippen LogP contribution in [0.5, 0.6) is 0 Å². The molecule has 3 heteroatoms. The number of unbranched alkanes of at least 4 members (excludes halogenated alkanes) is 1. The van der Waals surface area contributed by atoms with Crippen LogP contribution >= 0.6 is 0 Å². The van der Waals surface area contributed by atoms with E-state index in [9.17, 15) is 0 Å². The molecule has 0 amide bonds. The van der Waals surface area contributed by atoms with Crippen molar-refractivity contribution in [3.05, 3.63) is 0 Å². The van der Waals surface area contributed by atoms with E-state index in [-0.39, 0.29) is 5.54 Å². The largest absolute Gasteiger partial charge is 0.306 e. The van der Waals surface area contributed by atoms with Crippen LogP contribution in [-0.4, -0.2) is 37.6 Å². The minimum atomic E-state index is -0.359. The van der Waals surface area contributed by atoms with E-state index in [0.717, 1.165) is 32.4 Å². The Morgan fingerprint density at radius 1 is 1.18 bits per heavy atom. The Kier molecular flexibility index (Phi) is 6.74. The van der Waals surface area contributed by atoms with E-state index in [0.29, 0.717) is 5.41 Å². The number of hydrogen-bond donors (Lipinski definition) is 1. The second kappa shape index (κ2) is 6.98. The summed E-state index contributed by atoms with van der Waals surface area (Å²) in [5.74, 6) is 0. The fourth-order valence-corrected chi connectivity index (χ4v) is 1.99. The Hall–Kier alpha value is -0.590. The first-order valence-electron chi connectivity index (χ1n) is 6.51. The molecule has 3 nitrogen and oxygen atoms in total. The summed E-state index contributed by atoms with van der Waals surface area (Å²) in [5.41, 5.74) is 0.00346. The molecule has 0 saturated heterocycles. The maximum atomic E-state index is 9.02. The molecule has 0 aliphatic heterocycles. The summed E-state index contributed by atoms with van der Waals surface area (Å²) >= 11 is 0. The zero-order valence-electron chi connectivity index (χ0n) is 12.4. The van der Waals surface area contributed by atoms with Gasteiger partial charge in [-0.15, -0.1) is 0 Å². The van der Waals surface area contributed by atoms with Crippen molar-refractivity contribution in [2.24, 2.45) is 5.41 Å². The van der Waals surface area contributed by atoms with Crippen LogP contribution in [0.25, 0.3) is 0 Å². The van der Waals surface area contributed by atoms with Crippen molar-refractivity contribution in [1.29, 1.82) is 5.26 Å².